The molecule has 0 saturated heterocycles. The molecule has 1 aliphatic heterocycles. The third kappa shape index (κ3) is 4.82. The van der Waals surface area contributed by atoms with E-state index in [1.165, 1.54) is 13.8 Å². The Kier molecular flexibility index (Phi) is 6.37. The summed E-state index contributed by atoms with van der Waals surface area (Å²) in [6.45, 7) is 8.05. The van der Waals surface area contributed by atoms with E-state index in [-0.39, 0.29) is 13.0 Å². The van der Waals surface area contributed by atoms with Crippen LogP contribution in [0, 0.1) is 0 Å². The molecule has 0 radical (unpaired) electrons. The van der Waals surface area contributed by atoms with Gasteiger partial charge in [-0.25, -0.2) is 4.79 Å². The molecule has 142 valence electrons. The van der Waals surface area contributed by atoms with E-state index in [2.05, 4.69) is 6.58 Å². The van der Waals surface area contributed by atoms with Gasteiger partial charge >= 0.3 is 17.9 Å². The van der Waals surface area contributed by atoms with Gasteiger partial charge in [0.25, 0.3) is 0 Å². The molecule has 0 unspecified atom stereocenters. The zero-order chi connectivity index (χ0) is 19.4. The van der Waals surface area contributed by atoms with Crippen molar-refractivity contribution in [1.29, 1.82) is 0 Å². The Hall–Kier alpha value is -2.41. The number of rotatable bonds is 3. The minimum Gasteiger partial charge on any atom is -0.461 e. The summed E-state index contributed by atoms with van der Waals surface area (Å²) < 4.78 is 15.7. The normalized spacial score (nSPS) is 28.6. The van der Waals surface area contributed by atoms with Crippen molar-refractivity contribution < 1.29 is 33.7 Å². The lowest BCUT2D eigenvalue weighted by atomic mass is 9.90. The third-order valence-electron chi connectivity index (χ3n) is 4.49. The van der Waals surface area contributed by atoms with E-state index < -0.39 is 36.2 Å². The van der Waals surface area contributed by atoms with Crippen LogP contribution in [0.1, 0.15) is 40.0 Å². The van der Waals surface area contributed by atoms with Crippen LogP contribution in [0.25, 0.3) is 0 Å². The molecule has 0 saturated carbocycles. The van der Waals surface area contributed by atoms with Crippen LogP contribution in [0.5, 0.6) is 0 Å². The molecular formula is C19H24O7. The topological polar surface area (TPSA) is 99.1 Å². The quantitative estimate of drug-likeness (QED) is 0.463. The SMILES string of the molecule is C=C1CCC2=C(COC(C)=O)C(=O)O[C@@H]2/C=C(\C)[C@@H](OC(C)=O)C[C@@H]1O. The standard InChI is InChI=1S/C19H24O7/c1-10-5-6-14-15(9-24-12(3)20)19(23)26-18(14)7-11(2)17(8-16(10)22)25-13(4)21/h7,16-18,22H,1,5-6,8-9H2,2-4H3/b11-7+/t16-,17-,18+/m0/s1. The molecule has 2 aliphatic rings. The molecule has 3 atom stereocenters. The number of aliphatic hydroxyl groups is 1. The molecule has 0 bridgehead atoms. The van der Waals surface area contributed by atoms with Crippen molar-refractivity contribution in [1.82, 2.24) is 0 Å². The maximum atomic E-state index is 12.2. The van der Waals surface area contributed by atoms with Gasteiger partial charge in [0.05, 0.1) is 11.7 Å². The highest BCUT2D eigenvalue weighted by atomic mass is 16.6. The van der Waals surface area contributed by atoms with Gasteiger partial charge in [0.2, 0.25) is 0 Å². The Balaban J connectivity index is 2.39. The first-order chi connectivity index (χ1) is 12.2. The van der Waals surface area contributed by atoms with Gasteiger partial charge in [0.15, 0.2) is 0 Å². The van der Waals surface area contributed by atoms with Crippen molar-refractivity contribution >= 4 is 17.9 Å². The second kappa shape index (κ2) is 8.31. The Morgan fingerprint density at radius 2 is 2.00 bits per heavy atom. The van der Waals surface area contributed by atoms with Crippen LogP contribution >= 0.6 is 0 Å². The van der Waals surface area contributed by atoms with E-state index in [1.54, 1.807) is 13.0 Å². The molecule has 0 aromatic carbocycles. The number of esters is 3. The summed E-state index contributed by atoms with van der Waals surface area (Å²) in [5, 5.41) is 10.3. The van der Waals surface area contributed by atoms with Crippen LogP contribution < -0.4 is 0 Å². The number of carbonyl (C=O) groups excluding carboxylic acids is 3. The van der Waals surface area contributed by atoms with Gasteiger partial charge in [0.1, 0.15) is 18.8 Å². The van der Waals surface area contributed by atoms with Crippen LogP contribution in [0.15, 0.2) is 34.9 Å². The fourth-order valence-electron chi connectivity index (χ4n) is 3.02. The fourth-order valence-corrected chi connectivity index (χ4v) is 3.02. The number of carbonyl (C=O) groups is 3. The molecular weight excluding hydrogens is 340 g/mol. The highest BCUT2D eigenvalue weighted by molar-refractivity contribution is 5.93. The highest BCUT2D eigenvalue weighted by Gasteiger charge is 2.35. The van der Waals surface area contributed by atoms with Gasteiger partial charge in [0, 0.05) is 20.3 Å². The number of hydrogen-bond donors (Lipinski definition) is 1. The average Bonchev–Trinajstić information content (AvgIpc) is 2.83. The van der Waals surface area contributed by atoms with E-state index in [0.29, 0.717) is 35.1 Å². The van der Waals surface area contributed by atoms with Crippen LogP contribution in [0.3, 0.4) is 0 Å². The van der Waals surface area contributed by atoms with Crippen molar-refractivity contribution in [3.05, 3.63) is 34.9 Å². The van der Waals surface area contributed by atoms with Crippen molar-refractivity contribution in [3.8, 4) is 0 Å². The third-order valence-corrected chi connectivity index (χ3v) is 4.49. The zero-order valence-electron chi connectivity index (χ0n) is 15.2. The average molecular weight is 364 g/mol. The fraction of sp³-hybridized carbons (Fsp3) is 0.526. The highest BCUT2D eigenvalue weighted by Crippen LogP contribution is 2.33. The summed E-state index contributed by atoms with van der Waals surface area (Å²) >= 11 is 0. The summed E-state index contributed by atoms with van der Waals surface area (Å²) in [6, 6.07) is 0. The van der Waals surface area contributed by atoms with Gasteiger partial charge in [-0.05, 0) is 42.6 Å². The zero-order valence-corrected chi connectivity index (χ0v) is 15.2. The first-order valence-corrected chi connectivity index (χ1v) is 8.46. The van der Waals surface area contributed by atoms with E-state index >= 15 is 0 Å². The first-order valence-electron chi connectivity index (χ1n) is 8.46. The maximum absolute atomic E-state index is 12.2. The predicted molar refractivity (Wildman–Crippen MR) is 91.8 cm³/mol. The molecule has 7 heteroatoms. The molecule has 26 heavy (non-hydrogen) atoms. The Morgan fingerprint density at radius 1 is 1.31 bits per heavy atom. The van der Waals surface area contributed by atoms with Gasteiger partial charge in [-0.1, -0.05) is 6.58 Å². The Morgan fingerprint density at radius 3 is 2.62 bits per heavy atom. The molecule has 1 aliphatic carbocycles. The van der Waals surface area contributed by atoms with Crippen molar-refractivity contribution in [2.24, 2.45) is 0 Å². The van der Waals surface area contributed by atoms with Crippen LogP contribution in [0.2, 0.25) is 0 Å². The molecule has 1 heterocycles. The van der Waals surface area contributed by atoms with Crippen molar-refractivity contribution in [3.63, 3.8) is 0 Å². The lowest BCUT2D eigenvalue weighted by Crippen LogP contribution is -2.27. The molecule has 0 amide bonds. The summed E-state index contributed by atoms with van der Waals surface area (Å²) in [5.74, 6) is -1.49. The van der Waals surface area contributed by atoms with Crippen molar-refractivity contribution in [2.45, 2.75) is 58.3 Å². The molecule has 2 rings (SSSR count). The van der Waals surface area contributed by atoms with E-state index in [1.807, 2.05) is 0 Å². The minimum atomic E-state index is -0.838. The summed E-state index contributed by atoms with van der Waals surface area (Å²) in [5.41, 5.74) is 2.24. The number of aliphatic hydroxyl groups excluding tert-OH is 1. The molecule has 0 aromatic heterocycles. The van der Waals surface area contributed by atoms with Gasteiger partial charge < -0.3 is 19.3 Å². The maximum Gasteiger partial charge on any atom is 0.338 e. The first kappa shape index (κ1) is 19.9. The lowest BCUT2D eigenvalue weighted by molar-refractivity contribution is -0.146. The Labute approximate surface area is 152 Å². The molecule has 0 aromatic rings. The Bertz CT molecular complexity index is 686. The summed E-state index contributed by atoms with van der Waals surface area (Å²) in [4.78, 5) is 34.7. The van der Waals surface area contributed by atoms with Gasteiger partial charge in [-0.3, -0.25) is 9.59 Å². The summed E-state index contributed by atoms with van der Waals surface area (Å²) in [7, 11) is 0. The summed E-state index contributed by atoms with van der Waals surface area (Å²) in [6.07, 6.45) is 0.694. The van der Waals surface area contributed by atoms with Gasteiger partial charge in [-0.2, -0.15) is 0 Å². The smallest absolute Gasteiger partial charge is 0.338 e. The second-order valence-electron chi connectivity index (χ2n) is 6.53. The molecule has 0 spiro atoms. The molecule has 7 nitrogen and oxygen atoms in total. The van der Waals surface area contributed by atoms with Crippen LogP contribution in [-0.4, -0.2) is 47.9 Å². The monoisotopic (exact) mass is 364 g/mol. The second-order valence-corrected chi connectivity index (χ2v) is 6.53. The predicted octanol–water partition coefficient (Wildman–Crippen LogP) is 1.75. The number of fused-ring (bicyclic) bond motifs is 1. The van der Waals surface area contributed by atoms with E-state index in [4.69, 9.17) is 14.2 Å². The largest absolute Gasteiger partial charge is 0.461 e. The molecule has 0 fully saturated rings. The number of ether oxygens (including phenoxy) is 3. The van der Waals surface area contributed by atoms with E-state index in [9.17, 15) is 19.5 Å². The van der Waals surface area contributed by atoms with Crippen molar-refractivity contribution in [2.75, 3.05) is 6.61 Å². The van der Waals surface area contributed by atoms with Crippen LogP contribution in [-0.2, 0) is 28.6 Å². The van der Waals surface area contributed by atoms with E-state index in [0.717, 1.165) is 0 Å². The van der Waals surface area contributed by atoms with Gasteiger partial charge in [-0.15, -0.1) is 0 Å². The number of hydrogen-bond acceptors (Lipinski definition) is 7. The minimum absolute atomic E-state index is 0.157. The molecule has 1 N–H and O–H groups in total. The van der Waals surface area contributed by atoms with Crippen LogP contribution in [0.4, 0.5) is 0 Å². The lowest BCUT2D eigenvalue weighted by Gasteiger charge is -2.25.